The molecule has 0 bridgehead atoms. The van der Waals surface area contributed by atoms with Crippen LogP contribution in [0.4, 0.5) is 11.4 Å². The van der Waals surface area contributed by atoms with Gasteiger partial charge in [0.05, 0.1) is 27.8 Å². The Bertz CT molecular complexity index is 1150. The van der Waals surface area contributed by atoms with Gasteiger partial charge in [0.15, 0.2) is 0 Å². The number of sulfonamides is 1. The zero-order valence-corrected chi connectivity index (χ0v) is 18.1. The summed E-state index contributed by atoms with van der Waals surface area (Å²) in [5.41, 5.74) is 1.92. The van der Waals surface area contributed by atoms with Gasteiger partial charge in [0.25, 0.3) is 15.9 Å². The van der Waals surface area contributed by atoms with Crippen LogP contribution < -0.4 is 9.62 Å². The van der Waals surface area contributed by atoms with Gasteiger partial charge in [-0.1, -0.05) is 48.0 Å². The lowest BCUT2D eigenvalue weighted by atomic mass is 10.1. The molecule has 1 N–H and O–H groups in total. The van der Waals surface area contributed by atoms with Crippen LogP contribution in [-0.2, 0) is 21.4 Å². The molecule has 1 amide bonds. The van der Waals surface area contributed by atoms with Gasteiger partial charge >= 0.3 is 0 Å². The predicted octanol–water partition coefficient (Wildman–Crippen LogP) is 4.56. The fourth-order valence-corrected chi connectivity index (χ4v) is 4.31. The van der Waals surface area contributed by atoms with Crippen LogP contribution in [0.2, 0.25) is 5.02 Å². The van der Waals surface area contributed by atoms with Crippen molar-refractivity contribution in [3.63, 3.8) is 0 Å². The lowest BCUT2D eigenvalue weighted by Gasteiger charge is -2.20. The van der Waals surface area contributed by atoms with Crippen LogP contribution in [0, 0.1) is 0 Å². The first-order chi connectivity index (χ1) is 14.3. The first kappa shape index (κ1) is 21.8. The zero-order valence-electron chi connectivity index (χ0n) is 16.5. The van der Waals surface area contributed by atoms with Gasteiger partial charge in [0.1, 0.15) is 0 Å². The molecule has 3 aromatic carbocycles. The number of benzene rings is 3. The molecule has 0 spiro atoms. The van der Waals surface area contributed by atoms with Crippen LogP contribution in [0.15, 0.2) is 77.7 Å². The Kier molecular flexibility index (Phi) is 6.77. The topological polar surface area (TPSA) is 75.7 Å². The van der Waals surface area contributed by atoms with E-state index in [0.29, 0.717) is 18.0 Å². The minimum Gasteiger partial charge on any atom is -0.380 e. The summed E-state index contributed by atoms with van der Waals surface area (Å²) in [5.74, 6) is -0.511. The molecule has 0 aromatic heterocycles. The first-order valence-corrected chi connectivity index (χ1v) is 10.9. The Morgan fingerprint density at radius 2 is 1.70 bits per heavy atom. The average molecular weight is 445 g/mol. The average Bonchev–Trinajstić information content (AvgIpc) is 2.75. The molecule has 0 saturated carbocycles. The second-order valence-electron chi connectivity index (χ2n) is 6.49. The fraction of sp³-hybridized carbons (Fsp3) is 0.136. The number of nitrogens with zero attached hydrogens (tertiary/aromatic N) is 1. The number of rotatable bonds is 7. The lowest BCUT2D eigenvalue weighted by molar-refractivity contribution is 0.102. The van der Waals surface area contributed by atoms with Gasteiger partial charge in [-0.3, -0.25) is 9.10 Å². The molecule has 0 aliphatic heterocycles. The number of carbonyl (C=O) groups is 1. The molecule has 3 rings (SSSR count). The Balaban J connectivity index is 1.93. The van der Waals surface area contributed by atoms with Crippen molar-refractivity contribution in [3.05, 3.63) is 88.9 Å². The van der Waals surface area contributed by atoms with E-state index in [9.17, 15) is 13.2 Å². The molecular formula is C22H21ClN2O4S. The predicted molar refractivity (Wildman–Crippen MR) is 119 cm³/mol. The highest BCUT2D eigenvalue weighted by atomic mass is 35.5. The maximum atomic E-state index is 13.1. The van der Waals surface area contributed by atoms with Gasteiger partial charge in [-0.15, -0.1) is 0 Å². The number of nitrogens with one attached hydrogen (secondary N) is 1. The maximum absolute atomic E-state index is 13.1. The molecule has 3 aromatic rings. The van der Waals surface area contributed by atoms with Gasteiger partial charge < -0.3 is 10.1 Å². The highest BCUT2D eigenvalue weighted by molar-refractivity contribution is 7.92. The smallest absolute Gasteiger partial charge is 0.264 e. The third kappa shape index (κ3) is 4.64. The number of anilines is 2. The second-order valence-corrected chi connectivity index (χ2v) is 8.87. The standard InChI is InChI=1S/C22H21ClN2O4S/c1-25(17-9-4-3-5-10-17)30(27,28)18-12-13-20(23)19(14-18)22(26)24-21-11-7-6-8-16(21)15-29-2/h3-14H,15H2,1-2H3,(H,24,26). The largest absolute Gasteiger partial charge is 0.380 e. The molecule has 0 aliphatic carbocycles. The zero-order chi connectivity index (χ0) is 21.7. The van der Waals surface area contributed by atoms with E-state index in [4.69, 9.17) is 16.3 Å². The first-order valence-electron chi connectivity index (χ1n) is 9.06. The van der Waals surface area contributed by atoms with Crippen LogP contribution in [0.1, 0.15) is 15.9 Å². The molecule has 0 heterocycles. The van der Waals surface area contributed by atoms with E-state index in [-0.39, 0.29) is 15.5 Å². The van der Waals surface area contributed by atoms with Crippen LogP contribution in [-0.4, -0.2) is 28.5 Å². The summed E-state index contributed by atoms with van der Waals surface area (Å²) in [6, 6.07) is 19.9. The van der Waals surface area contributed by atoms with Crippen molar-refractivity contribution in [2.24, 2.45) is 0 Å². The molecule has 8 heteroatoms. The summed E-state index contributed by atoms with van der Waals surface area (Å²) >= 11 is 6.21. The number of carbonyl (C=O) groups excluding carboxylic acids is 1. The van der Waals surface area contributed by atoms with E-state index in [0.717, 1.165) is 9.87 Å². The van der Waals surface area contributed by atoms with Crippen molar-refractivity contribution in [2.75, 3.05) is 23.8 Å². The summed E-state index contributed by atoms with van der Waals surface area (Å²) in [5, 5.41) is 2.93. The molecule has 0 fully saturated rings. The minimum atomic E-state index is -3.88. The van der Waals surface area contributed by atoms with Crippen LogP contribution in [0.5, 0.6) is 0 Å². The van der Waals surface area contributed by atoms with Gasteiger partial charge in [-0.05, 0) is 36.4 Å². The van der Waals surface area contributed by atoms with Gasteiger partial charge in [-0.2, -0.15) is 0 Å². The molecule has 6 nitrogen and oxygen atoms in total. The Hall–Kier alpha value is -2.87. The van der Waals surface area contributed by atoms with Crippen molar-refractivity contribution in [3.8, 4) is 0 Å². The summed E-state index contributed by atoms with van der Waals surface area (Å²) in [7, 11) is -0.859. The van der Waals surface area contributed by atoms with E-state index >= 15 is 0 Å². The van der Waals surface area contributed by atoms with E-state index in [1.807, 2.05) is 12.1 Å². The van der Waals surface area contributed by atoms with Crippen molar-refractivity contribution in [1.29, 1.82) is 0 Å². The summed E-state index contributed by atoms with van der Waals surface area (Å²) in [6.45, 7) is 0.320. The van der Waals surface area contributed by atoms with Crippen LogP contribution >= 0.6 is 11.6 Å². The molecule has 156 valence electrons. The maximum Gasteiger partial charge on any atom is 0.264 e. The second kappa shape index (κ2) is 9.30. The lowest BCUT2D eigenvalue weighted by Crippen LogP contribution is -2.27. The molecule has 0 unspecified atom stereocenters. The number of ether oxygens (including phenoxy) is 1. The number of halogens is 1. The van der Waals surface area contributed by atoms with E-state index in [2.05, 4.69) is 5.32 Å². The minimum absolute atomic E-state index is 0.0337. The van der Waals surface area contributed by atoms with Gasteiger partial charge in [0.2, 0.25) is 0 Å². The highest BCUT2D eigenvalue weighted by Gasteiger charge is 2.24. The summed E-state index contributed by atoms with van der Waals surface area (Å²) in [4.78, 5) is 12.8. The van der Waals surface area contributed by atoms with Crippen molar-refractivity contribution < 1.29 is 17.9 Å². The van der Waals surface area contributed by atoms with E-state index in [1.165, 1.54) is 25.2 Å². The molecule has 30 heavy (non-hydrogen) atoms. The number of amides is 1. The van der Waals surface area contributed by atoms with E-state index in [1.54, 1.807) is 49.6 Å². The molecule has 0 radical (unpaired) electrons. The Morgan fingerprint density at radius 3 is 2.40 bits per heavy atom. The number of methoxy groups -OCH3 is 1. The van der Waals surface area contributed by atoms with Crippen LogP contribution in [0.3, 0.4) is 0 Å². The third-order valence-electron chi connectivity index (χ3n) is 4.53. The van der Waals surface area contributed by atoms with Crippen molar-refractivity contribution in [2.45, 2.75) is 11.5 Å². The molecule has 0 atom stereocenters. The number of para-hydroxylation sites is 2. The van der Waals surface area contributed by atoms with Gasteiger partial charge in [0, 0.05) is 25.4 Å². The monoisotopic (exact) mass is 444 g/mol. The summed E-state index contributed by atoms with van der Waals surface area (Å²) in [6.07, 6.45) is 0. The third-order valence-corrected chi connectivity index (χ3v) is 6.64. The fourth-order valence-electron chi connectivity index (χ4n) is 2.89. The van der Waals surface area contributed by atoms with Crippen molar-refractivity contribution >= 4 is 38.9 Å². The molecular weight excluding hydrogens is 424 g/mol. The number of hydrogen-bond donors (Lipinski definition) is 1. The Labute approximate surface area is 181 Å². The van der Waals surface area contributed by atoms with Crippen LogP contribution in [0.25, 0.3) is 0 Å². The quantitative estimate of drug-likeness (QED) is 0.579. The molecule has 0 saturated heterocycles. The molecule has 0 aliphatic rings. The number of hydrogen-bond acceptors (Lipinski definition) is 4. The normalized spacial score (nSPS) is 11.2. The van der Waals surface area contributed by atoms with Crippen molar-refractivity contribution in [1.82, 2.24) is 0 Å². The Morgan fingerprint density at radius 1 is 1.03 bits per heavy atom. The summed E-state index contributed by atoms with van der Waals surface area (Å²) < 4.78 is 32.4. The van der Waals surface area contributed by atoms with E-state index < -0.39 is 15.9 Å². The highest BCUT2D eigenvalue weighted by Crippen LogP contribution is 2.27. The van der Waals surface area contributed by atoms with Gasteiger partial charge in [-0.25, -0.2) is 8.42 Å². The SMILES string of the molecule is COCc1ccccc1NC(=O)c1cc(S(=O)(=O)N(C)c2ccccc2)ccc1Cl.